The number of fused-ring (bicyclic) bond motifs is 1. The van der Waals surface area contributed by atoms with Crippen molar-refractivity contribution in [3.05, 3.63) is 59.9 Å². The number of aryl methyl sites for hydroxylation is 3. The molecule has 0 bridgehead atoms. The Kier molecular flexibility index (Phi) is 3.72. The van der Waals surface area contributed by atoms with Crippen molar-refractivity contribution in [1.29, 1.82) is 0 Å². The Hall–Kier alpha value is -3.55. The maximum absolute atomic E-state index is 12.6. The van der Waals surface area contributed by atoms with Gasteiger partial charge in [0.25, 0.3) is 5.91 Å². The molecule has 26 heavy (non-hydrogen) atoms. The number of anilines is 1. The molecule has 130 valence electrons. The summed E-state index contributed by atoms with van der Waals surface area (Å²) >= 11 is 0. The summed E-state index contributed by atoms with van der Waals surface area (Å²) in [5, 5.41) is 11.2. The van der Waals surface area contributed by atoms with E-state index in [1.165, 1.54) is 6.20 Å². The van der Waals surface area contributed by atoms with E-state index in [1.54, 1.807) is 21.6 Å². The Balaban J connectivity index is 1.59. The van der Waals surface area contributed by atoms with Crippen molar-refractivity contribution in [3.8, 4) is 11.3 Å². The molecule has 0 aromatic carbocycles. The van der Waals surface area contributed by atoms with Crippen molar-refractivity contribution in [2.45, 2.75) is 13.8 Å². The number of pyridine rings is 1. The van der Waals surface area contributed by atoms with Crippen LogP contribution in [0.4, 0.5) is 5.69 Å². The fourth-order valence-electron chi connectivity index (χ4n) is 2.82. The van der Waals surface area contributed by atoms with Crippen LogP contribution < -0.4 is 5.32 Å². The van der Waals surface area contributed by atoms with Crippen molar-refractivity contribution in [2.24, 2.45) is 7.05 Å². The zero-order valence-corrected chi connectivity index (χ0v) is 14.6. The normalized spacial score (nSPS) is 11.0. The molecule has 0 saturated carbocycles. The van der Waals surface area contributed by atoms with Crippen molar-refractivity contribution >= 4 is 17.2 Å². The molecule has 8 nitrogen and oxygen atoms in total. The predicted octanol–water partition coefficient (Wildman–Crippen LogP) is 2.39. The summed E-state index contributed by atoms with van der Waals surface area (Å²) in [5.41, 5.74) is 5.05. The summed E-state index contributed by atoms with van der Waals surface area (Å²) in [6, 6.07) is 5.57. The smallest absolute Gasteiger partial charge is 0.261 e. The molecule has 0 atom stereocenters. The van der Waals surface area contributed by atoms with Crippen molar-refractivity contribution in [1.82, 2.24) is 29.4 Å². The van der Waals surface area contributed by atoms with Gasteiger partial charge in [-0.3, -0.25) is 14.5 Å². The highest BCUT2D eigenvalue weighted by molar-refractivity contribution is 6.08. The molecule has 1 N–H and O–H groups in total. The number of carbonyl (C=O) groups is 1. The van der Waals surface area contributed by atoms with Gasteiger partial charge < -0.3 is 5.32 Å². The van der Waals surface area contributed by atoms with Crippen LogP contribution in [0.1, 0.15) is 21.7 Å². The Morgan fingerprint density at radius 3 is 2.65 bits per heavy atom. The molecule has 4 rings (SSSR count). The molecule has 0 aliphatic carbocycles. The maximum atomic E-state index is 12.6. The van der Waals surface area contributed by atoms with Crippen LogP contribution in [0, 0.1) is 13.8 Å². The van der Waals surface area contributed by atoms with Gasteiger partial charge in [0, 0.05) is 30.2 Å². The molecule has 4 aromatic rings. The lowest BCUT2D eigenvalue weighted by molar-refractivity contribution is 0.102. The van der Waals surface area contributed by atoms with E-state index in [2.05, 4.69) is 25.5 Å². The first-order chi connectivity index (χ1) is 12.5. The Bertz CT molecular complexity index is 1110. The summed E-state index contributed by atoms with van der Waals surface area (Å²) in [6.45, 7) is 3.82. The third-order valence-electron chi connectivity index (χ3n) is 4.04. The van der Waals surface area contributed by atoms with Gasteiger partial charge in [-0.2, -0.15) is 10.2 Å². The highest BCUT2D eigenvalue weighted by atomic mass is 16.1. The number of amides is 1. The lowest BCUT2D eigenvalue weighted by atomic mass is 10.2. The van der Waals surface area contributed by atoms with Crippen LogP contribution in [0.15, 0.2) is 43.0 Å². The highest BCUT2D eigenvalue weighted by Gasteiger charge is 2.16. The topological polar surface area (TPSA) is 90.0 Å². The summed E-state index contributed by atoms with van der Waals surface area (Å²) in [7, 11) is 1.85. The molecule has 0 aliphatic rings. The summed E-state index contributed by atoms with van der Waals surface area (Å²) < 4.78 is 3.38. The molecular weight excluding hydrogens is 330 g/mol. The van der Waals surface area contributed by atoms with Crippen molar-refractivity contribution in [3.63, 3.8) is 0 Å². The van der Waals surface area contributed by atoms with Gasteiger partial charge in [0.15, 0.2) is 5.65 Å². The third-order valence-corrected chi connectivity index (χ3v) is 4.04. The average Bonchev–Trinajstić information content (AvgIpc) is 3.22. The number of aromatic nitrogens is 6. The number of nitrogens with zero attached hydrogens (tertiary/aromatic N) is 6. The van der Waals surface area contributed by atoms with Gasteiger partial charge in [0.2, 0.25) is 0 Å². The first-order valence-electron chi connectivity index (χ1n) is 8.09. The minimum absolute atomic E-state index is 0.270. The molecular formula is C18H17N7O. The predicted molar refractivity (Wildman–Crippen MR) is 96.9 cm³/mol. The molecule has 4 aromatic heterocycles. The zero-order valence-electron chi connectivity index (χ0n) is 14.6. The second-order valence-electron chi connectivity index (χ2n) is 6.12. The van der Waals surface area contributed by atoms with Crippen LogP contribution in [-0.2, 0) is 7.05 Å². The van der Waals surface area contributed by atoms with E-state index in [9.17, 15) is 4.79 Å². The molecule has 0 unspecified atom stereocenters. The SMILES string of the molecule is Cc1cc(C)n2ncc(C(=O)Nc3ccc(-c4cnn(C)c4)nc3)c2n1. The van der Waals surface area contributed by atoms with Gasteiger partial charge in [0.05, 0.1) is 30.0 Å². The largest absolute Gasteiger partial charge is 0.320 e. The van der Waals surface area contributed by atoms with E-state index in [0.29, 0.717) is 16.9 Å². The quantitative estimate of drug-likeness (QED) is 0.614. The number of rotatable bonds is 3. The monoisotopic (exact) mass is 347 g/mol. The van der Waals surface area contributed by atoms with Crippen LogP contribution in [0.5, 0.6) is 0 Å². The van der Waals surface area contributed by atoms with E-state index >= 15 is 0 Å². The van der Waals surface area contributed by atoms with Gasteiger partial charge in [-0.15, -0.1) is 0 Å². The van der Waals surface area contributed by atoms with Crippen LogP contribution in [0.25, 0.3) is 16.9 Å². The van der Waals surface area contributed by atoms with Crippen molar-refractivity contribution in [2.75, 3.05) is 5.32 Å². The van der Waals surface area contributed by atoms with E-state index in [0.717, 1.165) is 22.6 Å². The number of carbonyl (C=O) groups excluding carboxylic acids is 1. The number of hydrogen-bond donors (Lipinski definition) is 1. The Labute approximate surface area is 149 Å². The van der Waals surface area contributed by atoms with Gasteiger partial charge in [0.1, 0.15) is 5.56 Å². The lowest BCUT2D eigenvalue weighted by Crippen LogP contribution is -2.12. The van der Waals surface area contributed by atoms with E-state index < -0.39 is 0 Å². The molecule has 1 amide bonds. The van der Waals surface area contributed by atoms with E-state index in [1.807, 2.05) is 45.3 Å². The fourth-order valence-corrected chi connectivity index (χ4v) is 2.82. The number of nitrogens with one attached hydrogen (secondary N) is 1. The van der Waals surface area contributed by atoms with Gasteiger partial charge in [-0.1, -0.05) is 0 Å². The second kappa shape index (κ2) is 6.07. The summed E-state index contributed by atoms with van der Waals surface area (Å²) in [5.74, 6) is -0.270. The third kappa shape index (κ3) is 2.81. The molecule has 0 radical (unpaired) electrons. The highest BCUT2D eigenvalue weighted by Crippen LogP contribution is 2.19. The summed E-state index contributed by atoms with van der Waals surface area (Å²) in [6.07, 6.45) is 6.78. The maximum Gasteiger partial charge on any atom is 0.261 e. The van der Waals surface area contributed by atoms with Gasteiger partial charge >= 0.3 is 0 Å². The van der Waals surface area contributed by atoms with Gasteiger partial charge in [-0.25, -0.2) is 9.50 Å². The number of hydrogen-bond acceptors (Lipinski definition) is 5. The second-order valence-corrected chi connectivity index (χ2v) is 6.12. The zero-order chi connectivity index (χ0) is 18.3. The molecule has 0 aliphatic heterocycles. The van der Waals surface area contributed by atoms with Crippen molar-refractivity contribution < 1.29 is 4.79 Å². The minimum atomic E-state index is -0.270. The van der Waals surface area contributed by atoms with E-state index in [-0.39, 0.29) is 5.91 Å². The van der Waals surface area contributed by atoms with E-state index in [4.69, 9.17) is 0 Å². The molecule has 0 fully saturated rings. The standard InChI is InChI=1S/C18H17N7O/c1-11-6-12(2)25-17(22-11)15(9-21-25)18(26)23-14-4-5-16(19-8-14)13-7-20-24(3)10-13/h4-10H,1-3H3,(H,23,26). The van der Waals surface area contributed by atoms with Crippen LogP contribution in [0.2, 0.25) is 0 Å². The average molecular weight is 347 g/mol. The minimum Gasteiger partial charge on any atom is -0.320 e. The molecule has 4 heterocycles. The first kappa shape index (κ1) is 15.9. The molecule has 0 saturated heterocycles. The lowest BCUT2D eigenvalue weighted by Gasteiger charge is -2.05. The Morgan fingerprint density at radius 2 is 1.96 bits per heavy atom. The first-order valence-corrected chi connectivity index (χ1v) is 8.09. The van der Waals surface area contributed by atoms with Crippen LogP contribution >= 0.6 is 0 Å². The van der Waals surface area contributed by atoms with Crippen LogP contribution in [0.3, 0.4) is 0 Å². The molecule has 0 spiro atoms. The Morgan fingerprint density at radius 1 is 1.12 bits per heavy atom. The molecule has 8 heteroatoms. The van der Waals surface area contributed by atoms with Crippen LogP contribution in [-0.4, -0.2) is 35.3 Å². The fraction of sp³-hybridized carbons (Fsp3) is 0.167. The van der Waals surface area contributed by atoms with Gasteiger partial charge in [-0.05, 0) is 32.0 Å². The summed E-state index contributed by atoms with van der Waals surface area (Å²) in [4.78, 5) is 21.4.